The highest BCUT2D eigenvalue weighted by Crippen LogP contribution is 2.32. The number of hydrogen-bond acceptors (Lipinski definition) is 4. The van der Waals surface area contributed by atoms with Gasteiger partial charge in [-0.3, -0.25) is 10.1 Å². The minimum absolute atomic E-state index is 0.155. The van der Waals surface area contributed by atoms with Crippen LogP contribution in [0.4, 0.5) is 17.1 Å². The highest BCUT2D eigenvalue weighted by Gasteiger charge is 2.23. The Bertz CT molecular complexity index is 458. The van der Waals surface area contributed by atoms with Gasteiger partial charge in [0.2, 0.25) is 0 Å². The third kappa shape index (κ3) is 3.16. The third-order valence-corrected chi connectivity index (χ3v) is 3.72. The van der Waals surface area contributed by atoms with E-state index in [2.05, 4.69) is 17.1 Å². The molecule has 1 saturated carbocycles. The van der Waals surface area contributed by atoms with Crippen molar-refractivity contribution < 1.29 is 4.92 Å². The largest absolute Gasteiger partial charge is 0.385 e. The lowest BCUT2D eigenvalue weighted by Crippen LogP contribution is -2.37. The van der Waals surface area contributed by atoms with E-state index in [9.17, 15) is 10.1 Å². The predicted octanol–water partition coefficient (Wildman–Crippen LogP) is 3.41. The standard InChI is InChI=1S/C14H21N3O2/c1-3-7-15-11-8-13(10-14(9-11)17(18)19)16(2)12-5-4-6-12/h8-10,12,15H,3-7H2,1-2H3. The van der Waals surface area contributed by atoms with Gasteiger partial charge >= 0.3 is 0 Å². The summed E-state index contributed by atoms with van der Waals surface area (Å²) in [4.78, 5) is 12.9. The molecule has 0 amide bonds. The van der Waals surface area contributed by atoms with Gasteiger partial charge in [-0.2, -0.15) is 0 Å². The molecular formula is C14H21N3O2. The summed E-state index contributed by atoms with van der Waals surface area (Å²) in [6.07, 6.45) is 4.61. The Balaban J connectivity index is 2.24. The molecule has 0 bridgehead atoms. The van der Waals surface area contributed by atoms with Crippen LogP contribution < -0.4 is 10.2 Å². The number of non-ortho nitro benzene ring substituents is 1. The van der Waals surface area contributed by atoms with Gasteiger partial charge in [0.15, 0.2) is 0 Å². The van der Waals surface area contributed by atoms with Crippen molar-refractivity contribution in [3.63, 3.8) is 0 Å². The van der Waals surface area contributed by atoms with Crippen LogP contribution in [0.15, 0.2) is 18.2 Å². The fraction of sp³-hybridized carbons (Fsp3) is 0.571. The monoisotopic (exact) mass is 263 g/mol. The Kier molecular flexibility index (Phi) is 4.24. The van der Waals surface area contributed by atoms with E-state index in [1.807, 2.05) is 13.1 Å². The number of nitro benzene ring substituents is 1. The summed E-state index contributed by atoms with van der Waals surface area (Å²) in [5.74, 6) is 0. The van der Waals surface area contributed by atoms with Crippen molar-refractivity contribution in [1.29, 1.82) is 0 Å². The molecule has 2 rings (SSSR count). The molecule has 104 valence electrons. The van der Waals surface area contributed by atoms with Crippen LogP contribution in [0, 0.1) is 10.1 Å². The van der Waals surface area contributed by atoms with E-state index in [1.165, 1.54) is 19.3 Å². The molecule has 1 N–H and O–H groups in total. The molecular weight excluding hydrogens is 242 g/mol. The van der Waals surface area contributed by atoms with Gasteiger partial charge in [0.25, 0.3) is 5.69 Å². The first-order valence-corrected chi connectivity index (χ1v) is 6.88. The molecule has 19 heavy (non-hydrogen) atoms. The first kappa shape index (κ1) is 13.6. The van der Waals surface area contributed by atoms with Gasteiger partial charge in [-0.05, 0) is 31.7 Å². The van der Waals surface area contributed by atoms with Crippen LogP contribution >= 0.6 is 0 Å². The highest BCUT2D eigenvalue weighted by molar-refractivity contribution is 5.64. The van der Waals surface area contributed by atoms with Crippen LogP contribution in [-0.4, -0.2) is 24.6 Å². The molecule has 1 aromatic carbocycles. The summed E-state index contributed by atoms with van der Waals surface area (Å²) in [7, 11) is 2.02. The Morgan fingerprint density at radius 2 is 2.16 bits per heavy atom. The third-order valence-electron chi connectivity index (χ3n) is 3.72. The van der Waals surface area contributed by atoms with E-state index >= 15 is 0 Å². The Morgan fingerprint density at radius 1 is 1.42 bits per heavy atom. The van der Waals surface area contributed by atoms with Gasteiger partial charge in [0.1, 0.15) is 0 Å². The lowest BCUT2D eigenvalue weighted by Gasteiger charge is -2.36. The minimum atomic E-state index is -0.324. The van der Waals surface area contributed by atoms with Gasteiger partial charge in [-0.15, -0.1) is 0 Å². The number of hydrogen-bond donors (Lipinski definition) is 1. The van der Waals surface area contributed by atoms with Gasteiger partial charge in [-0.25, -0.2) is 0 Å². The number of benzene rings is 1. The van der Waals surface area contributed by atoms with Gasteiger partial charge in [-0.1, -0.05) is 6.92 Å². The summed E-state index contributed by atoms with van der Waals surface area (Å²) in [5.41, 5.74) is 1.91. The number of nitro groups is 1. The average molecular weight is 263 g/mol. The van der Waals surface area contributed by atoms with Crippen molar-refractivity contribution in [2.75, 3.05) is 23.8 Å². The van der Waals surface area contributed by atoms with Gasteiger partial charge < -0.3 is 10.2 Å². The van der Waals surface area contributed by atoms with Crippen LogP contribution in [0.5, 0.6) is 0 Å². The topological polar surface area (TPSA) is 58.4 Å². The Labute approximate surface area is 113 Å². The summed E-state index contributed by atoms with van der Waals surface area (Å²) >= 11 is 0. The highest BCUT2D eigenvalue weighted by atomic mass is 16.6. The van der Waals surface area contributed by atoms with Crippen molar-refractivity contribution in [2.45, 2.75) is 38.6 Å². The molecule has 0 aliphatic heterocycles. The zero-order chi connectivity index (χ0) is 13.8. The second kappa shape index (κ2) is 5.91. The second-order valence-electron chi connectivity index (χ2n) is 5.12. The normalized spacial score (nSPS) is 14.8. The predicted molar refractivity (Wildman–Crippen MR) is 77.9 cm³/mol. The second-order valence-corrected chi connectivity index (χ2v) is 5.12. The lowest BCUT2D eigenvalue weighted by molar-refractivity contribution is -0.384. The fourth-order valence-electron chi connectivity index (χ4n) is 2.26. The Morgan fingerprint density at radius 3 is 2.68 bits per heavy atom. The molecule has 1 aromatic rings. The van der Waals surface area contributed by atoms with Crippen molar-refractivity contribution in [2.24, 2.45) is 0 Å². The summed E-state index contributed by atoms with van der Waals surface area (Å²) < 4.78 is 0. The summed E-state index contributed by atoms with van der Waals surface area (Å²) in [6.45, 7) is 2.90. The van der Waals surface area contributed by atoms with E-state index in [4.69, 9.17) is 0 Å². The first-order valence-electron chi connectivity index (χ1n) is 6.88. The van der Waals surface area contributed by atoms with Crippen LogP contribution in [0.3, 0.4) is 0 Å². The zero-order valence-corrected chi connectivity index (χ0v) is 11.6. The molecule has 0 unspecified atom stereocenters. The fourth-order valence-corrected chi connectivity index (χ4v) is 2.26. The minimum Gasteiger partial charge on any atom is -0.385 e. The quantitative estimate of drug-likeness (QED) is 0.631. The molecule has 1 aliphatic rings. The molecule has 0 atom stereocenters. The van der Waals surface area contributed by atoms with Crippen molar-refractivity contribution in [3.05, 3.63) is 28.3 Å². The van der Waals surface area contributed by atoms with Crippen LogP contribution in [0.1, 0.15) is 32.6 Å². The molecule has 0 spiro atoms. The van der Waals surface area contributed by atoms with Crippen molar-refractivity contribution >= 4 is 17.1 Å². The molecule has 1 fully saturated rings. The number of rotatable bonds is 6. The molecule has 0 aromatic heterocycles. The van der Waals surface area contributed by atoms with E-state index in [-0.39, 0.29) is 10.6 Å². The molecule has 0 radical (unpaired) electrons. The molecule has 0 heterocycles. The number of nitrogens with zero attached hydrogens (tertiary/aromatic N) is 2. The maximum Gasteiger partial charge on any atom is 0.273 e. The van der Waals surface area contributed by atoms with Crippen molar-refractivity contribution in [1.82, 2.24) is 0 Å². The smallest absolute Gasteiger partial charge is 0.273 e. The molecule has 5 heteroatoms. The Hall–Kier alpha value is -1.78. The van der Waals surface area contributed by atoms with E-state index in [0.717, 1.165) is 24.3 Å². The molecule has 1 aliphatic carbocycles. The zero-order valence-electron chi connectivity index (χ0n) is 11.6. The maximum atomic E-state index is 11.0. The van der Waals surface area contributed by atoms with E-state index in [1.54, 1.807) is 12.1 Å². The van der Waals surface area contributed by atoms with E-state index in [0.29, 0.717) is 6.04 Å². The lowest BCUT2D eigenvalue weighted by atomic mass is 9.91. The summed E-state index contributed by atoms with van der Waals surface area (Å²) in [6, 6.07) is 5.80. The summed E-state index contributed by atoms with van der Waals surface area (Å²) in [5, 5.41) is 14.2. The maximum absolute atomic E-state index is 11.0. The SMILES string of the molecule is CCCNc1cc(N(C)C2CCC2)cc([N+](=O)[O-])c1. The van der Waals surface area contributed by atoms with Gasteiger partial charge in [0.05, 0.1) is 4.92 Å². The van der Waals surface area contributed by atoms with Crippen molar-refractivity contribution in [3.8, 4) is 0 Å². The van der Waals surface area contributed by atoms with E-state index < -0.39 is 0 Å². The number of nitrogens with one attached hydrogen (secondary N) is 1. The first-order chi connectivity index (χ1) is 9.11. The van der Waals surface area contributed by atoms with Crippen LogP contribution in [0.25, 0.3) is 0 Å². The van der Waals surface area contributed by atoms with Gasteiger partial charge in [0, 0.05) is 43.1 Å². The molecule has 5 nitrogen and oxygen atoms in total. The number of anilines is 2. The van der Waals surface area contributed by atoms with Crippen LogP contribution in [0.2, 0.25) is 0 Å². The molecule has 0 saturated heterocycles. The van der Waals surface area contributed by atoms with Crippen LogP contribution in [-0.2, 0) is 0 Å². The average Bonchev–Trinajstić information content (AvgIpc) is 2.33.